The van der Waals surface area contributed by atoms with Gasteiger partial charge >= 0.3 is 6.18 Å². The number of ether oxygens (including phenoxy) is 1. The van der Waals surface area contributed by atoms with Gasteiger partial charge in [-0.1, -0.05) is 23.7 Å². The van der Waals surface area contributed by atoms with Crippen LogP contribution in [0.15, 0.2) is 42.5 Å². The van der Waals surface area contributed by atoms with Crippen molar-refractivity contribution in [3.63, 3.8) is 0 Å². The molecule has 0 aliphatic rings. The molecule has 2 aromatic rings. The van der Waals surface area contributed by atoms with Crippen molar-refractivity contribution >= 4 is 17.3 Å². The van der Waals surface area contributed by atoms with Crippen LogP contribution in [-0.4, -0.2) is 0 Å². The molecule has 0 radical (unpaired) electrons. The summed E-state index contributed by atoms with van der Waals surface area (Å²) in [6, 6.07) is 9.25. The van der Waals surface area contributed by atoms with Crippen LogP contribution in [-0.2, 0) is 6.18 Å². The van der Waals surface area contributed by atoms with E-state index in [9.17, 15) is 13.2 Å². The first-order valence-corrected chi connectivity index (χ1v) is 5.65. The van der Waals surface area contributed by atoms with Crippen LogP contribution in [0.25, 0.3) is 0 Å². The van der Waals surface area contributed by atoms with Crippen molar-refractivity contribution in [2.45, 2.75) is 6.18 Å². The highest BCUT2D eigenvalue weighted by Gasteiger charge is 2.34. The van der Waals surface area contributed by atoms with Gasteiger partial charge in [-0.25, -0.2) is 0 Å². The molecule has 0 unspecified atom stereocenters. The summed E-state index contributed by atoms with van der Waals surface area (Å²) >= 11 is 5.71. The molecule has 2 rings (SSSR count). The number of halogens is 4. The van der Waals surface area contributed by atoms with Gasteiger partial charge in [-0.3, -0.25) is 0 Å². The summed E-state index contributed by atoms with van der Waals surface area (Å²) in [4.78, 5) is 0. The maximum absolute atomic E-state index is 12.8. The van der Waals surface area contributed by atoms with Gasteiger partial charge in [-0.05, 0) is 30.3 Å². The molecule has 0 saturated heterocycles. The number of para-hydroxylation sites is 1. The molecule has 100 valence electrons. The summed E-state index contributed by atoms with van der Waals surface area (Å²) in [5.41, 5.74) is 4.95. The molecular weight excluding hydrogens is 279 g/mol. The van der Waals surface area contributed by atoms with E-state index < -0.39 is 11.7 Å². The maximum atomic E-state index is 12.8. The van der Waals surface area contributed by atoms with Gasteiger partial charge in [-0.15, -0.1) is 0 Å². The molecule has 2 N–H and O–H groups in total. The highest BCUT2D eigenvalue weighted by atomic mass is 35.5. The summed E-state index contributed by atoms with van der Waals surface area (Å²) < 4.78 is 43.6. The van der Waals surface area contributed by atoms with Crippen molar-refractivity contribution in [3.8, 4) is 11.5 Å². The molecule has 0 saturated carbocycles. The monoisotopic (exact) mass is 287 g/mol. The summed E-state index contributed by atoms with van der Waals surface area (Å²) in [6.07, 6.45) is -4.49. The first-order chi connectivity index (χ1) is 8.88. The highest BCUT2D eigenvalue weighted by molar-refractivity contribution is 6.30. The zero-order valence-electron chi connectivity index (χ0n) is 9.54. The molecule has 0 spiro atoms. The van der Waals surface area contributed by atoms with Crippen LogP contribution in [0.5, 0.6) is 11.5 Å². The van der Waals surface area contributed by atoms with Crippen molar-refractivity contribution in [2.24, 2.45) is 0 Å². The Bertz CT molecular complexity index is 599. The van der Waals surface area contributed by atoms with E-state index >= 15 is 0 Å². The number of nitrogens with two attached hydrogens (primary N) is 1. The van der Waals surface area contributed by atoms with Gasteiger partial charge in [0.05, 0.1) is 11.3 Å². The minimum atomic E-state index is -4.49. The second-order valence-electron chi connectivity index (χ2n) is 3.78. The molecule has 0 aliphatic carbocycles. The number of nitrogen functional groups attached to an aromatic ring is 1. The maximum Gasteiger partial charge on any atom is 0.419 e. The standard InChI is InChI=1S/C13H9ClF3NO/c14-8-5-6-12(10(18)7-8)19-11-4-2-1-3-9(11)13(15,16)17/h1-7H,18H2. The van der Waals surface area contributed by atoms with E-state index in [-0.39, 0.29) is 17.2 Å². The third-order valence-corrected chi connectivity index (χ3v) is 2.62. The topological polar surface area (TPSA) is 35.2 Å². The highest BCUT2D eigenvalue weighted by Crippen LogP contribution is 2.39. The summed E-state index contributed by atoms with van der Waals surface area (Å²) in [7, 11) is 0. The Balaban J connectivity index is 2.39. The molecule has 0 aliphatic heterocycles. The number of hydrogen-bond donors (Lipinski definition) is 1. The Morgan fingerprint density at radius 2 is 1.68 bits per heavy atom. The average molecular weight is 288 g/mol. The molecule has 0 bridgehead atoms. The van der Waals surface area contributed by atoms with Crippen LogP contribution in [0.1, 0.15) is 5.56 Å². The third-order valence-electron chi connectivity index (χ3n) is 2.38. The molecule has 0 atom stereocenters. The Morgan fingerprint density at radius 1 is 1.00 bits per heavy atom. The second-order valence-corrected chi connectivity index (χ2v) is 4.21. The molecule has 0 aromatic heterocycles. The fourth-order valence-electron chi connectivity index (χ4n) is 1.52. The van der Waals surface area contributed by atoms with E-state index in [0.29, 0.717) is 5.02 Å². The number of rotatable bonds is 2. The predicted molar refractivity (Wildman–Crippen MR) is 67.4 cm³/mol. The summed E-state index contributed by atoms with van der Waals surface area (Å²) in [6.45, 7) is 0. The van der Waals surface area contributed by atoms with Gasteiger partial charge in [0, 0.05) is 5.02 Å². The van der Waals surface area contributed by atoms with Crippen LogP contribution in [0.2, 0.25) is 5.02 Å². The summed E-state index contributed by atoms with van der Waals surface area (Å²) in [5.74, 6) is -0.176. The van der Waals surface area contributed by atoms with E-state index in [1.165, 1.54) is 36.4 Å². The quantitative estimate of drug-likeness (QED) is 0.810. The summed E-state index contributed by atoms with van der Waals surface area (Å²) in [5, 5.41) is 0.383. The Kier molecular flexibility index (Phi) is 3.57. The molecule has 6 heteroatoms. The molecule has 2 aromatic carbocycles. The smallest absolute Gasteiger partial charge is 0.419 e. The van der Waals surface area contributed by atoms with Gasteiger partial charge in [0.25, 0.3) is 0 Å². The normalized spacial score (nSPS) is 11.4. The van der Waals surface area contributed by atoms with Gasteiger partial charge in [-0.2, -0.15) is 13.2 Å². The van der Waals surface area contributed by atoms with Crippen molar-refractivity contribution < 1.29 is 17.9 Å². The third kappa shape index (κ3) is 3.12. The van der Waals surface area contributed by atoms with E-state index in [1.54, 1.807) is 0 Å². The van der Waals surface area contributed by atoms with Crippen LogP contribution < -0.4 is 10.5 Å². The molecule has 0 amide bonds. The fourth-order valence-corrected chi connectivity index (χ4v) is 1.70. The first-order valence-electron chi connectivity index (χ1n) is 5.27. The Hall–Kier alpha value is -1.88. The number of benzene rings is 2. The minimum absolute atomic E-state index is 0.126. The van der Waals surface area contributed by atoms with Crippen molar-refractivity contribution in [2.75, 3.05) is 5.73 Å². The van der Waals surface area contributed by atoms with Gasteiger partial charge in [0.2, 0.25) is 0 Å². The SMILES string of the molecule is Nc1cc(Cl)ccc1Oc1ccccc1C(F)(F)F. The molecular formula is C13H9ClF3NO. The lowest BCUT2D eigenvalue weighted by Gasteiger charge is -2.14. The van der Waals surface area contributed by atoms with Crippen LogP contribution in [0.4, 0.5) is 18.9 Å². The second kappa shape index (κ2) is 5.01. The van der Waals surface area contributed by atoms with E-state index in [4.69, 9.17) is 22.1 Å². The van der Waals surface area contributed by atoms with E-state index in [1.807, 2.05) is 0 Å². The lowest BCUT2D eigenvalue weighted by Crippen LogP contribution is -2.07. The van der Waals surface area contributed by atoms with E-state index in [2.05, 4.69) is 0 Å². The van der Waals surface area contributed by atoms with Crippen molar-refractivity contribution in [1.29, 1.82) is 0 Å². The molecule has 0 fully saturated rings. The fraction of sp³-hybridized carbons (Fsp3) is 0.0769. The van der Waals surface area contributed by atoms with Crippen LogP contribution >= 0.6 is 11.6 Å². The van der Waals surface area contributed by atoms with Gasteiger partial charge < -0.3 is 10.5 Å². The molecule has 19 heavy (non-hydrogen) atoms. The lowest BCUT2D eigenvalue weighted by molar-refractivity contribution is -0.138. The number of hydrogen-bond acceptors (Lipinski definition) is 2. The molecule has 0 heterocycles. The largest absolute Gasteiger partial charge is 0.455 e. The Labute approximate surface area is 112 Å². The van der Waals surface area contributed by atoms with Gasteiger partial charge in [0.15, 0.2) is 0 Å². The van der Waals surface area contributed by atoms with Crippen molar-refractivity contribution in [3.05, 3.63) is 53.1 Å². The Morgan fingerprint density at radius 3 is 2.32 bits per heavy atom. The van der Waals surface area contributed by atoms with Gasteiger partial charge in [0.1, 0.15) is 11.5 Å². The first kappa shape index (κ1) is 13.5. The number of alkyl halides is 3. The van der Waals surface area contributed by atoms with Crippen LogP contribution in [0, 0.1) is 0 Å². The molecule has 2 nitrogen and oxygen atoms in total. The zero-order valence-corrected chi connectivity index (χ0v) is 10.3. The van der Waals surface area contributed by atoms with Crippen LogP contribution in [0.3, 0.4) is 0 Å². The number of anilines is 1. The predicted octanol–water partition coefficient (Wildman–Crippen LogP) is 4.73. The van der Waals surface area contributed by atoms with Crippen molar-refractivity contribution in [1.82, 2.24) is 0 Å². The lowest BCUT2D eigenvalue weighted by atomic mass is 10.2. The minimum Gasteiger partial charge on any atom is -0.455 e. The average Bonchev–Trinajstić information content (AvgIpc) is 2.32. The van der Waals surface area contributed by atoms with E-state index in [0.717, 1.165) is 6.07 Å². The zero-order chi connectivity index (χ0) is 14.0.